The van der Waals surface area contributed by atoms with E-state index < -0.39 is 41.6 Å². The number of nitrogens with one attached hydrogen (secondary N) is 2. The molecule has 2 atom stereocenters. The van der Waals surface area contributed by atoms with E-state index in [1.807, 2.05) is 19.1 Å². The molecule has 0 spiro atoms. The molecule has 200 valence electrons. The molecule has 0 saturated carbocycles. The highest BCUT2D eigenvalue weighted by Gasteiger charge is 2.37. The molecule has 9 nitrogen and oxygen atoms in total. The van der Waals surface area contributed by atoms with Gasteiger partial charge in [-0.1, -0.05) is 49.8 Å². The van der Waals surface area contributed by atoms with Gasteiger partial charge in [0, 0.05) is 13.1 Å². The maximum Gasteiger partial charge on any atom is 0.408 e. The topological polar surface area (TPSA) is 114 Å². The largest absolute Gasteiger partial charge is 0.466 e. The van der Waals surface area contributed by atoms with Crippen molar-refractivity contribution in [2.75, 3.05) is 19.7 Å². The molecule has 2 unspecified atom stereocenters. The summed E-state index contributed by atoms with van der Waals surface area (Å²) in [6.07, 6.45) is 0.806. The summed E-state index contributed by atoms with van der Waals surface area (Å²) in [5.41, 5.74) is 0.770. The van der Waals surface area contributed by atoms with Crippen molar-refractivity contribution in [2.24, 2.45) is 5.92 Å². The van der Waals surface area contributed by atoms with Crippen molar-refractivity contribution in [2.45, 2.75) is 72.6 Å². The zero-order chi connectivity index (χ0) is 27.5. The summed E-state index contributed by atoms with van der Waals surface area (Å²) in [6.45, 7) is 16.5. The molecule has 0 saturated heterocycles. The van der Waals surface area contributed by atoms with Crippen molar-refractivity contribution in [3.8, 4) is 0 Å². The molecule has 0 aliphatic heterocycles. The third kappa shape index (κ3) is 10.1. The number of hydrogen-bond acceptors (Lipinski definition) is 6. The predicted molar refractivity (Wildman–Crippen MR) is 138 cm³/mol. The van der Waals surface area contributed by atoms with Crippen LogP contribution in [0.1, 0.15) is 65.1 Å². The monoisotopic (exact) mass is 503 g/mol. The van der Waals surface area contributed by atoms with Crippen LogP contribution in [0.2, 0.25) is 0 Å². The lowest BCUT2D eigenvalue weighted by Crippen LogP contribution is -2.55. The maximum absolute atomic E-state index is 13.8. The van der Waals surface area contributed by atoms with E-state index in [1.54, 1.807) is 53.7 Å². The summed E-state index contributed by atoms with van der Waals surface area (Å²) in [6, 6.07) is 5.32. The van der Waals surface area contributed by atoms with Gasteiger partial charge in [0.2, 0.25) is 11.8 Å². The number of amides is 3. The molecular weight excluding hydrogens is 462 g/mol. The predicted octanol–water partition coefficient (Wildman–Crippen LogP) is 3.67. The van der Waals surface area contributed by atoms with E-state index in [9.17, 15) is 19.2 Å². The number of alkyl carbamates (subject to hydrolysis) is 1. The molecule has 0 fully saturated rings. The number of ether oxygens (including phenoxy) is 2. The molecule has 0 bridgehead atoms. The minimum Gasteiger partial charge on any atom is -0.466 e. The van der Waals surface area contributed by atoms with E-state index in [4.69, 9.17) is 9.47 Å². The van der Waals surface area contributed by atoms with Crippen LogP contribution < -0.4 is 10.6 Å². The van der Waals surface area contributed by atoms with Gasteiger partial charge in [0.1, 0.15) is 17.7 Å². The van der Waals surface area contributed by atoms with Crippen molar-refractivity contribution < 1.29 is 28.7 Å². The van der Waals surface area contributed by atoms with Gasteiger partial charge in [-0.3, -0.25) is 14.4 Å². The first kappa shape index (κ1) is 30.7. The fourth-order valence-corrected chi connectivity index (χ4v) is 3.52. The van der Waals surface area contributed by atoms with Gasteiger partial charge in [0.05, 0.1) is 13.0 Å². The van der Waals surface area contributed by atoms with E-state index in [1.165, 1.54) is 11.0 Å². The quantitative estimate of drug-likeness (QED) is 0.332. The lowest BCUT2D eigenvalue weighted by molar-refractivity contribution is -0.144. The molecule has 9 heteroatoms. The van der Waals surface area contributed by atoms with Crippen LogP contribution in [0, 0.1) is 12.8 Å². The highest BCUT2D eigenvalue weighted by Crippen LogP contribution is 2.25. The molecule has 0 aliphatic carbocycles. The van der Waals surface area contributed by atoms with Gasteiger partial charge >= 0.3 is 12.1 Å². The number of nitrogens with zero attached hydrogens (tertiary/aromatic N) is 1. The molecule has 3 amide bonds. The minimum atomic E-state index is -1.01. The van der Waals surface area contributed by atoms with E-state index in [2.05, 4.69) is 17.2 Å². The van der Waals surface area contributed by atoms with Crippen molar-refractivity contribution in [1.29, 1.82) is 0 Å². The Morgan fingerprint density at radius 1 is 1.17 bits per heavy atom. The van der Waals surface area contributed by atoms with Crippen LogP contribution in [-0.2, 0) is 23.9 Å². The second kappa shape index (κ2) is 14.3. The fourth-order valence-electron chi connectivity index (χ4n) is 3.52. The lowest BCUT2D eigenvalue weighted by Gasteiger charge is -2.35. The smallest absolute Gasteiger partial charge is 0.408 e. The van der Waals surface area contributed by atoms with Gasteiger partial charge in [0.25, 0.3) is 0 Å². The van der Waals surface area contributed by atoms with Gasteiger partial charge in [-0.15, -0.1) is 6.58 Å². The van der Waals surface area contributed by atoms with Crippen LogP contribution in [0.15, 0.2) is 36.9 Å². The number of carbonyl (C=O) groups excluding carboxylic acids is 4. The summed E-state index contributed by atoms with van der Waals surface area (Å²) < 4.78 is 10.3. The molecule has 1 rings (SSSR count). The Labute approximate surface area is 214 Å². The Balaban J connectivity index is 3.32. The van der Waals surface area contributed by atoms with Gasteiger partial charge < -0.3 is 25.0 Å². The SMILES string of the molecule is C=CCN(C(=O)C(NC(=O)OC(C)(C)C)C(C)C)C(C(=O)NCCC(=O)OCC)c1cccc(C)c1. The highest BCUT2D eigenvalue weighted by atomic mass is 16.6. The molecule has 2 N–H and O–H groups in total. The van der Waals surface area contributed by atoms with E-state index in [0.717, 1.165) is 5.56 Å². The average molecular weight is 504 g/mol. The summed E-state index contributed by atoms with van der Waals surface area (Å²) in [5, 5.41) is 5.40. The molecule has 1 aromatic rings. The zero-order valence-corrected chi connectivity index (χ0v) is 22.6. The normalized spacial score (nSPS) is 12.8. The van der Waals surface area contributed by atoms with Crippen LogP contribution in [0.5, 0.6) is 0 Å². The summed E-state index contributed by atoms with van der Waals surface area (Å²) in [5.74, 6) is -1.63. The maximum atomic E-state index is 13.8. The fraction of sp³-hybridized carbons (Fsp3) is 0.556. The molecular formula is C27H41N3O6. The van der Waals surface area contributed by atoms with Crippen molar-refractivity contribution in [1.82, 2.24) is 15.5 Å². The minimum absolute atomic E-state index is 0.00431. The van der Waals surface area contributed by atoms with Gasteiger partial charge in [-0.25, -0.2) is 4.79 Å². The average Bonchev–Trinajstić information content (AvgIpc) is 2.75. The lowest BCUT2D eigenvalue weighted by atomic mass is 9.98. The van der Waals surface area contributed by atoms with Crippen molar-refractivity contribution in [3.05, 3.63) is 48.0 Å². The first-order valence-electron chi connectivity index (χ1n) is 12.2. The number of rotatable bonds is 12. The molecule has 0 aromatic heterocycles. The van der Waals surface area contributed by atoms with Crippen LogP contribution in [0.4, 0.5) is 4.79 Å². The van der Waals surface area contributed by atoms with Crippen LogP contribution >= 0.6 is 0 Å². The molecule has 0 radical (unpaired) electrons. The Bertz CT molecular complexity index is 922. The second-order valence-corrected chi connectivity index (χ2v) is 9.81. The van der Waals surface area contributed by atoms with Crippen LogP contribution in [-0.4, -0.2) is 60.1 Å². The Morgan fingerprint density at radius 2 is 1.83 bits per heavy atom. The van der Waals surface area contributed by atoms with Crippen molar-refractivity contribution >= 4 is 23.9 Å². The first-order valence-corrected chi connectivity index (χ1v) is 12.2. The molecule has 0 aliphatic rings. The van der Waals surface area contributed by atoms with Crippen LogP contribution in [0.25, 0.3) is 0 Å². The number of aryl methyl sites for hydroxylation is 1. The molecule has 36 heavy (non-hydrogen) atoms. The van der Waals surface area contributed by atoms with Gasteiger partial charge in [0.15, 0.2) is 0 Å². The van der Waals surface area contributed by atoms with Crippen molar-refractivity contribution in [3.63, 3.8) is 0 Å². The highest BCUT2D eigenvalue weighted by molar-refractivity contribution is 5.92. The Hall–Kier alpha value is -3.36. The molecule has 0 heterocycles. The third-order valence-corrected chi connectivity index (χ3v) is 5.07. The third-order valence-electron chi connectivity index (χ3n) is 5.07. The number of carbonyl (C=O) groups is 4. The number of hydrogen-bond donors (Lipinski definition) is 2. The summed E-state index contributed by atoms with van der Waals surface area (Å²) in [4.78, 5) is 52.8. The summed E-state index contributed by atoms with van der Waals surface area (Å²) in [7, 11) is 0. The Kier molecular flexibility index (Phi) is 12.1. The summed E-state index contributed by atoms with van der Waals surface area (Å²) >= 11 is 0. The Morgan fingerprint density at radius 3 is 2.36 bits per heavy atom. The van der Waals surface area contributed by atoms with Gasteiger partial charge in [-0.05, 0) is 46.1 Å². The number of esters is 1. The number of benzene rings is 1. The molecule has 1 aromatic carbocycles. The van der Waals surface area contributed by atoms with Gasteiger partial charge in [-0.2, -0.15) is 0 Å². The van der Waals surface area contributed by atoms with E-state index in [-0.39, 0.29) is 32.0 Å². The van der Waals surface area contributed by atoms with Crippen LogP contribution in [0.3, 0.4) is 0 Å². The standard InChI is InChI=1S/C27H41N3O6/c1-9-16-30(25(33)22(18(3)4)29-26(34)36-27(6,7)8)23(20-13-11-12-19(5)17-20)24(32)28-15-14-21(31)35-10-2/h9,11-13,17-18,22-23H,1,10,14-16H2,2-8H3,(H,28,32)(H,29,34). The first-order chi connectivity index (χ1) is 16.8. The van der Waals surface area contributed by atoms with E-state index in [0.29, 0.717) is 5.56 Å². The second-order valence-electron chi connectivity index (χ2n) is 9.81. The van der Waals surface area contributed by atoms with E-state index >= 15 is 0 Å². The zero-order valence-electron chi connectivity index (χ0n) is 22.6.